The van der Waals surface area contributed by atoms with Crippen LogP contribution < -0.4 is 10.6 Å². The normalized spacial score (nSPS) is 15.2. The molecule has 0 spiro atoms. The lowest BCUT2D eigenvalue weighted by atomic mass is 9.97. The Labute approximate surface area is 195 Å². The van der Waals surface area contributed by atoms with Gasteiger partial charge in [-0.3, -0.25) is 9.59 Å². The first-order valence-corrected chi connectivity index (χ1v) is 12.6. The van der Waals surface area contributed by atoms with Crippen molar-refractivity contribution in [1.29, 1.82) is 0 Å². The number of sulfonamides is 1. The van der Waals surface area contributed by atoms with E-state index in [0.717, 1.165) is 11.1 Å². The molecule has 0 aromatic heterocycles. The van der Waals surface area contributed by atoms with E-state index in [1.54, 1.807) is 31.4 Å². The van der Waals surface area contributed by atoms with Crippen LogP contribution in [0.3, 0.4) is 0 Å². The average Bonchev–Trinajstić information content (AvgIpc) is 2.81. The minimum absolute atomic E-state index is 0.0459. The molecule has 1 saturated heterocycles. The van der Waals surface area contributed by atoms with Gasteiger partial charge in [-0.25, -0.2) is 12.7 Å². The summed E-state index contributed by atoms with van der Waals surface area (Å²) in [6.45, 7) is 3.32. The van der Waals surface area contributed by atoms with Crippen LogP contribution in [0.25, 0.3) is 0 Å². The molecule has 178 valence electrons. The Kier molecular flexibility index (Phi) is 8.60. The lowest BCUT2D eigenvalue weighted by Crippen LogP contribution is -2.42. The number of benzene rings is 2. The number of hydrogen-bond acceptors (Lipinski definition) is 5. The fourth-order valence-electron chi connectivity index (χ4n) is 3.77. The molecule has 0 unspecified atom stereocenters. The van der Waals surface area contributed by atoms with E-state index in [-0.39, 0.29) is 23.5 Å². The van der Waals surface area contributed by atoms with E-state index in [4.69, 9.17) is 4.74 Å². The second kappa shape index (κ2) is 11.4. The number of aryl methyl sites for hydroxylation is 1. The highest BCUT2D eigenvalue weighted by molar-refractivity contribution is 7.88. The number of carbonyl (C=O) groups excluding carboxylic acids is 2. The molecule has 0 saturated carbocycles. The van der Waals surface area contributed by atoms with Gasteiger partial charge in [0, 0.05) is 32.7 Å². The molecule has 33 heavy (non-hydrogen) atoms. The number of piperidine rings is 1. The molecular weight excluding hydrogens is 442 g/mol. The highest BCUT2D eigenvalue weighted by atomic mass is 32.2. The van der Waals surface area contributed by atoms with Crippen LogP contribution in [-0.4, -0.2) is 57.9 Å². The first kappa shape index (κ1) is 24.9. The van der Waals surface area contributed by atoms with E-state index in [1.807, 2.05) is 31.2 Å². The fraction of sp³-hybridized carbons (Fsp3) is 0.417. The number of para-hydroxylation sites is 1. The lowest BCUT2D eigenvalue weighted by Gasteiger charge is -2.30. The smallest absolute Gasteiger partial charge is 0.253 e. The van der Waals surface area contributed by atoms with Crippen molar-refractivity contribution in [3.05, 3.63) is 65.2 Å². The van der Waals surface area contributed by atoms with E-state index < -0.39 is 10.0 Å². The van der Waals surface area contributed by atoms with Crippen LogP contribution in [0, 0.1) is 12.8 Å². The molecule has 8 nitrogen and oxygen atoms in total. The summed E-state index contributed by atoms with van der Waals surface area (Å²) in [5, 5.41) is 5.60. The molecular formula is C24H31N3O5S. The van der Waals surface area contributed by atoms with E-state index in [0.29, 0.717) is 50.3 Å². The molecule has 2 aromatic carbocycles. The van der Waals surface area contributed by atoms with Gasteiger partial charge in [0.15, 0.2) is 0 Å². The van der Waals surface area contributed by atoms with Crippen LogP contribution in [0.5, 0.6) is 0 Å². The number of ether oxygens (including phenoxy) is 1. The maximum Gasteiger partial charge on any atom is 0.253 e. The summed E-state index contributed by atoms with van der Waals surface area (Å²) >= 11 is 0. The van der Waals surface area contributed by atoms with Gasteiger partial charge in [-0.15, -0.1) is 0 Å². The number of rotatable bonds is 9. The van der Waals surface area contributed by atoms with E-state index in [2.05, 4.69) is 10.6 Å². The lowest BCUT2D eigenvalue weighted by molar-refractivity contribution is -0.120. The van der Waals surface area contributed by atoms with Gasteiger partial charge in [-0.1, -0.05) is 42.0 Å². The largest absolute Gasteiger partial charge is 0.383 e. The number of amides is 2. The quantitative estimate of drug-likeness (QED) is 0.545. The molecule has 1 heterocycles. The molecule has 2 N–H and O–H groups in total. The minimum atomic E-state index is -3.45. The monoisotopic (exact) mass is 473 g/mol. The second-order valence-corrected chi connectivity index (χ2v) is 10.2. The maximum atomic E-state index is 12.9. The van der Waals surface area contributed by atoms with Crippen LogP contribution in [-0.2, 0) is 25.3 Å². The molecule has 1 aliphatic rings. The zero-order valence-electron chi connectivity index (χ0n) is 19.0. The van der Waals surface area contributed by atoms with Crippen molar-refractivity contribution in [2.45, 2.75) is 25.5 Å². The highest BCUT2D eigenvalue weighted by Gasteiger charge is 2.31. The third kappa shape index (κ3) is 6.86. The Morgan fingerprint density at radius 2 is 1.73 bits per heavy atom. The number of nitrogens with one attached hydrogen (secondary N) is 2. The van der Waals surface area contributed by atoms with Crippen molar-refractivity contribution in [2.24, 2.45) is 5.92 Å². The summed E-state index contributed by atoms with van der Waals surface area (Å²) in [4.78, 5) is 25.3. The standard InChI is InChI=1S/C24H31N3O5S/c1-18-7-9-19(10-8-18)17-33(30,31)27-14-11-20(12-15-27)23(28)26-22-6-4-3-5-21(22)24(29)25-13-16-32-2/h3-10,20H,11-17H2,1-2H3,(H,25,29)(H,26,28). The van der Waals surface area contributed by atoms with Gasteiger partial charge in [0.1, 0.15) is 0 Å². The first-order valence-electron chi connectivity index (χ1n) is 11.0. The minimum Gasteiger partial charge on any atom is -0.383 e. The second-order valence-electron chi connectivity index (χ2n) is 8.20. The van der Waals surface area contributed by atoms with Crippen molar-refractivity contribution in [1.82, 2.24) is 9.62 Å². The van der Waals surface area contributed by atoms with Crippen LogP contribution in [0.1, 0.15) is 34.3 Å². The zero-order chi connectivity index (χ0) is 23.8. The summed E-state index contributed by atoms with van der Waals surface area (Å²) in [5.41, 5.74) is 2.64. The predicted octanol–water partition coefficient (Wildman–Crippen LogP) is 2.55. The van der Waals surface area contributed by atoms with Crippen molar-refractivity contribution >= 4 is 27.5 Å². The third-order valence-corrected chi connectivity index (χ3v) is 7.56. The summed E-state index contributed by atoms with van der Waals surface area (Å²) < 4.78 is 32.0. The molecule has 0 atom stereocenters. The third-order valence-electron chi connectivity index (χ3n) is 5.71. The highest BCUT2D eigenvalue weighted by Crippen LogP contribution is 2.24. The summed E-state index contributed by atoms with van der Waals surface area (Å²) in [6, 6.07) is 14.3. The van der Waals surface area contributed by atoms with Crippen LogP contribution in [0.15, 0.2) is 48.5 Å². The van der Waals surface area contributed by atoms with Crippen molar-refractivity contribution in [2.75, 3.05) is 38.7 Å². The molecule has 9 heteroatoms. The van der Waals surface area contributed by atoms with E-state index >= 15 is 0 Å². The van der Waals surface area contributed by atoms with E-state index in [9.17, 15) is 18.0 Å². The Hall–Kier alpha value is -2.75. The summed E-state index contributed by atoms with van der Waals surface area (Å²) in [5.74, 6) is -0.862. The number of anilines is 1. The molecule has 0 aliphatic carbocycles. The van der Waals surface area contributed by atoms with Crippen molar-refractivity contribution < 1.29 is 22.7 Å². The summed E-state index contributed by atoms with van der Waals surface area (Å²) in [6.07, 6.45) is 0.863. The van der Waals surface area contributed by atoms with Crippen LogP contribution in [0.4, 0.5) is 5.69 Å². The van der Waals surface area contributed by atoms with Gasteiger partial charge in [0.05, 0.1) is 23.6 Å². The molecule has 0 radical (unpaired) electrons. The van der Waals surface area contributed by atoms with Crippen LogP contribution in [0.2, 0.25) is 0 Å². The fourth-order valence-corrected chi connectivity index (χ4v) is 5.33. The van der Waals surface area contributed by atoms with Crippen LogP contribution >= 0.6 is 0 Å². The van der Waals surface area contributed by atoms with Crippen molar-refractivity contribution in [3.63, 3.8) is 0 Å². The Morgan fingerprint density at radius 1 is 1.06 bits per heavy atom. The topological polar surface area (TPSA) is 105 Å². The number of carbonyl (C=O) groups is 2. The molecule has 1 fully saturated rings. The average molecular weight is 474 g/mol. The molecule has 1 aliphatic heterocycles. The molecule has 0 bridgehead atoms. The first-order chi connectivity index (χ1) is 15.8. The summed E-state index contributed by atoms with van der Waals surface area (Å²) in [7, 11) is -1.89. The van der Waals surface area contributed by atoms with Gasteiger partial charge >= 0.3 is 0 Å². The van der Waals surface area contributed by atoms with Crippen molar-refractivity contribution in [3.8, 4) is 0 Å². The van der Waals surface area contributed by atoms with Gasteiger partial charge in [0.25, 0.3) is 5.91 Å². The van der Waals surface area contributed by atoms with Gasteiger partial charge < -0.3 is 15.4 Å². The van der Waals surface area contributed by atoms with E-state index in [1.165, 1.54) is 4.31 Å². The SMILES string of the molecule is COCCNC(=O)c1ccccc1NC(=O)C1CCN(S(=O)(=O)Cc2ccc(C)cc2)CC1. The number of hydrogen-bond donors (Lipinski definition) is 2. The Balaban J connectivity index is 1.56. The number of nitrogens with zero attached hydrogens (tertiary/aromatic N) is 1. The maximum absolute atomic E-state index is 12.9. The zero-order valence-corrected chi connectivity index (χ0v) is 19.9. The Morgan fingerprint density at radius 3 is 2.39 bits per heavy atom. The molecule has 2 aromatic rings. The van der Waals surface area contributed by atoms with Gasteiger partial charge in [-0.2, -0.15) is 0 Å². The molecule has 2 amide bonds. The molecule has 3 rings (SSSR count). The predicted molar refractivity (Wildman–Crippen MR) is 127 cm³/mol. The van der Waals surface area contributed by atoms with Gasteiger partial charge in [0.2, 0.25) is 15.9 Å². The van der Waals surface area contributed by atoms with Gasteiger partial charge in [-0.05, 0) is 37.5 Å². The Bertz CT molecular complexity index is 1060. The number of methoxy groups -OCH3 is 1.